The van der Waals surface area contributed by atoms with E-state index >= 15 is 0 Å². The summed E-state index contributed by atoms with van der Waals surface area (Å²) in [5, 5.41) is 7.80. The van der Waals surface area contributed by atoms with E-state index in [1.165, 1.54) is 0 Å². The maximum absolute atomic E-state index is 12.1. The average Bonchev–Trinajstić information content (AvgIpc) is 3.00. The zero-order valence-corrected chi connectivity index (χ0v) is 15.5. The van der Waals surface area contributed by atoms with Crippen molar-refractivity contribution in [3.63, 3.8) is 0 Å². The van der Waals surface area contributed by atoms with Crippen molar-refractivity contribution in [2.45, 2.75) is 57.5 Å². The van der Waals surface area contributed by atoms with E-state index < -0.39 is 17.4 Å². The van der Waals surface area contributed by atoms with Crippen LogP contribution in [0.5, 0.6) is 0 Å². The molecule has 0 bridgehead atoms. The van der Waals surface area contributed by atoms with E-state index in [-0.39, 0.29) is 35.9 Å². The van der Waals surface area contributed by atoms with Crippen molar-refractivity contribution in [1.82, 2.24) is 20.9 Å². The number of nitrogens with one attached hydrogen (secondary N) is 3. The number of carbonyl (C=O) groups is 4. The average molecular weight is 370 g/mol. The van der Waals surface area contributed by atoms with Gasteiger partial charge < -0.3 is 15.5 Å². The fraction of sp³-hybridized carbons (Fsp3) is 0.750. The quantitative estimate of drug-likeness (QED) is 0.599. The van der Waals surface area contributed by atoms with Gasteiger partial charge in [0.1, 0.15) is 6.42 Å². The molecule has 1 aliphatic carbocycles. The van der Waals surface area contributed by atoms with Crippen LogP contribution in [0.25, 0.3) is 0 Å². The van der Waals surface area contributed by atoms with Crippen molar-refractivity contribution in [1.29, 1.82) is 0 Å². The molecular weight excluding hydrogens is 344 g/mol. The monoisotopic (exact) mass is 370 g/mol. The standard InChI is InChI=1S/C16H26N4O4S/c1-10(2)8-20-14(23)7-12(21)19-16(20)25-9-13(22)18-15(24)17-11-5-3-4-6-11/h10-11,16H,3-9H2,1-2H3,(H,19,21)(H2,17,18,22,24). The first-order valence-corrected chi connectivity index (χ1v) is 9.71. The number of amides is 5. The van der Waals surface area contributed by atoms with Crippen LogP contribution >= 0.6 is 11.8 Å². The summed E-state index contributed by atoms with van der Waals surface area (Å²) in [6.45, 7) is 4.46. The maximum Gasteiger partial charge on any atom is 0.321 e. The van der Waals surface area contributed by atoms with Gasteiger partial charge in [-0.2, -0.15) is 0 Å². The maximum atomic E-state index is 12.1. The summed E-state index contributed by atoms with van der Waals surface area (Å²) in [5.41, 5.74) is -0.584. The minimum absolute atomic E-state index is 0.0229. The zero-order valence-electron chi connectivity index (χ0n) is 14.7. The Bertz CT molecular complexity index is 534. The number of imide groups is 1. The molecule has 5 amide bonds. The lowest BCUT2D eigenvalue weighted by Crippen LogP contribution is -2.56. The first-order chi connectivity index (χ1) is 11.8. The molecule has 2 fully saturated rings. The predicted octanol–water partition coefficient (Wildman–Crippen LogP) is 0.776. The van der Waals surface area contributed by atoms with E-state index in [0.29, 0.717) is 6.54 Å². The van der Waals surface area contributed by atoms with Gasteiger partial charge in [0.25, 0.3) is 0 Å². The number of nitrogens with zero attached hydrogens (tertiary/aromatic N) is 1. The second-order valence-electron chi connectivity index (χ2n) is 6.85. The normalized spacial score (nSPS) is 21.4. The van der Waals surface area contributed by atoms with Gasteiger partial charge in [-0.3, -0.25) is 19.7 Å². The summed E-state index contributed by atoms with van der Waals surface area (Å²) < 4.78 is 0. The molecule has 9 heteroatoms. The van der Waals surface area contributed by atoms with Crippen molar-refractivity contribution in [3.8, 4) is 0 Å². The highest BCUT2D eigenvalue weighted by molar-refractivity contribution is 8.00. The van der Waals surface area contributed by atoms with Gasteiger partial charge >= 0.3 is 6.03 Å². The van der Waals surface area contributed by atoms with Crippen molar-refractivity contribution < 1.29 is 19.2 Å². The highest BCUT2D eigenvalue weighted by atomic mass is 32.2. The Labute approximate surface area is 151 Å². The van der Waals surface area contributed by atoms with E-state index in [4.69, 9.17) is 0 Å². The van der Waals surface area contributed by atoms with E-state index in [1.807, 2.05) is 13.8 Å². The van der Waals surface area contributed by atoms with Crippen molar-refractivity contribution in [2.24, 2.45) is 5.92 Å². The molecule has 2 rings (SSSR count). The molecule has 0 aromatic heterocycles. The van der Waals surface area contributed by atoms with Gasteiger partial charge in [0.15, 0.2) is 5.50 Å². The third kappa shape index (κ3) is 6.22. The first kappa shape index (κ1) is 19.6. The summed E-state index contributed by atoms with van der Waals surface area (Å²) in [7, 11) is 0. The lowest BCUT2D eigenvalue weighted by Gasteiger charge is -2.36. The minimum Gasteiger partial charge on any atom is -0.335 e. The number of thioether (sulfide) groups is 1. The van der Waals surface area contributed by atoms with Crippen molar-refractivity contribution >= 4 is 35.5 Å². The molecule has 1 atom stereocenters. The molecule has 0 aromatic carbocycles. The lowest BCUT2D eigenvalue weighted by molar-refractivity contribution is -0.142. The fourth-order valence-corrected chi connectivity index (χ4v) is 3.95. The molecule has 0 spiro atoms. The second-order valence-corrected chi connectivity index (χ2v) is 7.92. The number of hydrogen-bond acceptors (Lipinski definition) is 5. The van der Waals surface area contributed by atoms with Crippen LogP contribution in [0, 0.1) is 5.92 Å². The number of rotatable bonds is 6. The predicted molar refractivity (Wildman–Crippen MR) is 94.5 cm³/mol. The Balaban J connectivity index is 1.80. The van der Waals surface area contributed by atoms with Gasteiger partial charge in [-0.1, -0.05) is 26.7 Å². The second kappa shape index (κ2) is 9.07. The minimum atomic E-state index is -0.584. The molecule has 3 N–H and O–H groups in total. The topological polar surface area (TPSA) is 108 Å². The molecule has 2 aliphatic rings. The molecular formula is C16H26N4O4S. The lowest BCUT2D eigenvalue weighted by atomic mass is 10.2. The molecule has 0 aromatic rings. The van der Waals surface area contributed by atoms with Crippen LogP contribution in [0.15, 0.2) is 0 Å². The molecule has 0 radical (unpaired) electrons. The summed E-state index contributed by atoms with van der Waals surface area (Å²) in [4.78, 5) is 49.0. The van der Waals surface area contributed by atoms with Gasteiger partial charge in [-0.05, 0) is 18.8 Å². The molecule has 25 heavy (non-hydrogen) atoms. The van der Waals surface area contributed by atoms with Crippen LogP contribution in [-0.4, -0.2) is 52.5 Å². The van der Waals surface area contributed by atoms with Crippen LogP contribution in [0.2, 0.25) is 0 Å². The van der Waals surface area contributed by atoms with Crippen LogP contribution in [0.3, 0.4) is 0 Å². The van der Waals surface area contributed by atoms with Gasteiger partial charge in [-0.25, -0.2) is 4.79 Å². The third-order valence-electron chi connectivity index (χ3n) is 4.08. The first-order valence-electron chi connectivity index (χ1n) is 8.66. The Morgan fingerprint density at radius 3 is 2.60 bits per heavy atom. The van der Waals surface area contributed by atoms with Crippen LogP contribution in [0.1, 0.15) is 46.0 Å². The Morgan fingerprint density at radius 2 is 1.96 bits per heavy atom. The van der Waals surface area contributed by atoms with Crippen LogP contribution < -0.4 is 16.0 Å². The molecule has 140 valence electrons. The highest BCUT2D eigenvalue weighted by Crippen LogP contribution is 2.20. The summed E-state index contributed by atoms with van der Waals surface area (Å²) >= 11 is 1.13. The Kier molecular flexibility index (Phi) is 7.10. The molecule has 8 nitrogen and oxygen atoms in total. The largest absolute Gasteiger partial charge is 0.335 e. The van der Waals surface area contributed by atoms with Crippen LogP contribution in [-0.2, 0) is 14.4 Å². The summed E-state index contributed by atoms with van der Waals surface area (Å²) in [6.07, 6.45) is 3.90. The Hall–Kier alpha value is -1.77. The molecule has 1 heterocycles. The number of carbonyl (C=O) groups excluding carboxylic acids is 4. The molecule has 1 saturated heterocycles. The highest BCUT2D eigenvalue weighted by Gasteiger charge is 2.33. The van der Waals surface area contributed by atoms with E-state index in [2.05, 4.69) is 16.0 Å². The van der Waals surface area contributed by atoms with Gasteiger partial charge in [0.05, 0.1) is 5.75 Å². The third-order valence-corrected chi connectivity index (χ3v) is 5.19. The van der Waals surface area contributed by atoms with E-state index in [0.717, 1.165) is 37.4 Å². The van der Waals surface area contributed by atoms with Crippen molar-refractivity contribution in [2.75, 3.05) is 12.3 Å². The van der Waals surface area contributed by atoms with E-state index in [1.54, 1.807) is 4.90 Å². The van der Waals surface area contributed by atoms with Gasteiger partial charge in [0.2, 0.25) is 17.7 Å². The van der Waals surface area contributed by atoms with Gasteiger partial charge in [-0.15, -0.1) is 11.8 Å². The molecule has 1 unspecified atom stereocenters. The van der Waals surface area contributed by atoms with Crippen molar-refractivity contribution in [3.05, 3.63) is 0 Å². The number of urea groups is 1. The summed E-state index contributed by atoms with van der Waals surface area (Å²) in [6, 6.07) is -0.350. The molecule has 1 saturated carbocycles. The zero-order chi connectivity index (χ0) is 18.4. The SMILES string of the molecule is CC(C)CN1C(=O)CC(=O)NC1SCC(=O)NC(=O)NC1CCCC1. The van der Waals surface area contributed by atoms with Gasteiger partial charge in [0, 0.05) is 12.6 Å². The number of hydrogen-bond donors (Lipinski definition) is 3. The molecule has 1 aliphatic heterocycles. The summed E-state index contributed by atoms with van der Waals surface area (Å²) in [5.74, 6) is -0.813. The van der Waals surface area contributed by atoms with E-state index in [9.17, 15) is 19.2 Å². The van der Waals surface area contributed by atoms with Crippen LogP contribution in [0.4, 0.5) is 4.79 Å². The fourth-order valence-electron chi connectivity index (χ4n) is 2.97. The smallest absolute Gasteiger partial charge is 0.321 e. The Morgan fingerprint density at radius 1 is 1.28 bits per heavy atom.